The SMILES string of the molecule is CC(=O)N(CC(=O)NCCc1ccc(F)cc1)c1ccccc1. The molecule has 0 saturated heterocycles. The molecular weight excluding hydrogens is 295 g/mol. The van der Waals surface area contributed by atoms with Crippen molar-refractivity contribution in [2.24, 2.45) is 0 Å². The highest BCUT2D eigenvalue weighted by atomic mass is 19.1. The molecule has 0 atom stereocenters. The average Bonchev–Trinajstić information content (AvgIpc) is 2.55. The molecule has 2 amide bonds. The number of hydrogen-bond acceptors (Lipinski definition) is 2. The van der Waals surface area contributed by atoms with Crippen molar-refractivity contribution >= 4 is 17.5 Å². The van der Waals surface area contributed by atoms with Crippen LogP contribution < -0.4 is 10.2 Å². The molecule has 0 heterocycles. The van der Waals surface area contributed by atoms with Crippen molar-refractivity contribution in [2.45, 2.75) is 13.3 Å². The third-order valence-electron chi connectivity index (χ3n) is 3.40. The van der Waals surface area contributed by atoms with E-state index in [1.54, 1.807) is 24.3 Å². The molecule has 120 valence electrons. The second-order valence-corrected chi connectivity index (χ2v) is 5.17. The minimum absolute atomic E-state index is 0.0250. The first-order valence-electron chi connectivity index (χ1n) is 7.40. The summed E-state index contributed by atoms with van der Waals surface area (Å²) in [5, 5.41) is 2.77. The number of carbonyl (C=O) groups is 2. The molecule has 0 fully saturated rings. The van der Waals surface area contributed by atoms with Gasteiger partial charge in [-0.05, 0) is 36.2 Å². The number of nitrogens with one attached hydrogen (secondary N) is 1. The van der Waals surface area contributed by atoms with E-state index in [4.69, 9.17) is 0 Å². The number of benzene rings is 2. The van der Waals surface area contributed by atoms with Crippen molar-refractivity contribution in [1.29, 1.82) is 0 Å². The van der Waals surface area contributed by atoms with E-state index in [1.807, 2.05) is 18.2 Å². The van der Waals surface area contributed by atoms with Crippen molar-refractivity contribution in [3.8, 4) is 0 Å². The molecule has 2 aromatic rings. The van der Waals surface area contributed by atoms with Crippen LogP contribution in [-0.2, 0) is 16.0 Å². The smallest absolute Gasteiger partial charge is 0.240 e. The number of nitrogens with zero attached hydrogens (tertiary/aromatic N) is 1. The Balaban J connectivity index is 1.85. The Hall–Kier alpha value is -2.69. The first-order chi connectivity index (χ1) is 11.1. The van der Waals surface area contributed by atoms with Crippen molar-refractivity contribution in [3.05, 3.63) is 66.0 Å². The van der Waals surface area contributed by atoms with E-state index in [1.165, 1.54) is 24.0 Å². The number of hydrogen-bond donors (Lipinski definition) is 1. The van der Waals surface area contributed by atoms with Gasteiger partial charge >= 0.3 is 0 Å². The summed E-state index contributed by atoms with van der Waals surface area (Å²) in [5.74, 6) is -0.700. The fourth-order valence-corrected chi connectivity index (χ4v) is 2.19. The van der Waals surface area contributed by atoms with Crippen LogP contribution >= 0.6 is 0 Å². The number of halogens is 1. The summed E-state index contributed by atoms with van der Waals surface area (Å²) in [6.07, 6.45) is 0.609. The summed E-state index contributed by atoms with van der Waals surface area (Å²) in [6, 6.07) is 15.2. The third-order valence-corrected chi connectivity index (χ3v) is 3.40. The zero-order valence-corrected chi connectivity index (χ0v) is 13.0. The van der Waals surface area contributed by atoms with Gasteiger partial charge in [-0.2, -0.15) is 0 Å². The number of para-hydroxylation sites is 1. The zero-order valence-electron chi connectivity index (χ0n) is 13.0. The Morgan fingerprint density at radius 1 is 1.04 bits per heavy atom. The van der Waals surface area contributed by atoms with Crippen molar-refractivity contribution < 1.29 is 14.0 Å². The van der Waals surface area contributed by atoms with Gasteiger partial charge in [0.1, 0.15) is 12.4 Å². The molecule has 2 rings (SSSR count). The summed E-state index contributed by atoms with van der Waals surface area (Å²) >= 11 is 0. The van der Waals surface area contributed by atoms with E-state index in [0.717, 1.165) is 5.56 Å². The minimum atomic E-state index is -0.280. The summed E-state index contributed by atoms with van der Waals surface area (Å²) in [6.45, 7) is 1.84. The number of anilines is 1. The zero-order chi connectivity index (χ0) is 16.7. The molecule has 0 aliphatic heterocycles. The Bertz CT molecular complexity index is 656. The molecule has 2 aromatic carbocycles. The highest BCUT2D eigenvalue weighted by molar-refractivity contribution is 5.97. The van der Waals surface area contributed by atoms with Gasteiger partial charge in [-0.3, -0.25) is 9.59 Å². The molecule has 1 N–H and O–H groups in total. The monoisotopic (exact) mass is 314 g/mol. The Labute approximate surface area is 134 Å². The van der Waals surface area contributed by atoms with Crippen LogP contribution in [0.5, 0.6) is 0 Å². The lowest BCUT2D eigenvalue weighted by Crippen LogP contribution is -2.40. The van der Waals surface area contributed by atoms with Crippen molar-refractivity contribution in [1.82, 2.24) is 5.32 Å². The van der Waals surface area contributed by atoms with Gasteiger partial charge in [0.25, 0.3) is 0 Å². The lowest BCUT2D eigenvalue weighted by atomic mass is 10.1. The second-order valence-electron chi connectivity index (χ2n) is 5.17. The highest BCUT2D eigenvalue weighted by Gasteiger charge is 2.15. The van der Waals surface area contributed by atoms with Gasteiger partial charge in [-0.25, -0.2) is 4.39 Å². The van der Waals surface area contributed by atoms with E-state index in [2.05, 4.69) is 5.32 Å². The second kappa shape index (κ2) is 8.08. The Morgan fingerprint density at radius 2 is 1.70 bits per heavy atom. The first-order valence-corrected chi connectivity index (χ1v) is 7.40. The molecule has 4 nitrogen and oxygen atoms in total. The van der Waals surface area contributed by atoms with Crippen molar-refractivity contribution in [3.63, 3.8) is 0 Å². The van der Waals surface area contributed by atoms with E-state index in [9.17, 15) is 14.0 Å². The predicted molar refractivity (Wildman–Crippen MR) is 87.6 cm³/mol. The largest absolute Gasteiger partial charge is 0.354 e. The van der Waals surface area contributed by atoms with Crippen LogP contribution in [0.3, 0.4) is 0 Å². The highest BCUT2D eigenvalue weighted by Crippen LogP contribution is 2.12. The standard InChI is InChI=1S/C18H19FN2O2/c1-14(22)21(17-5-3-2-4-6-17)13-18(23)20-12-11-15-7-9-16(19)10-8-15/h2-10H,11-13H2,1H3,(H,20,23). The Morgan fingerprint density at radius 3 is 2.30 bits per heavy atom. The van der Waals surface area contributed by atoms with Crippen LogP contribution in [0.4, 0.5) is 10.1 Å². The normalized spacial score (nSPS) is 10.2. The van der Waals surface area contributed by atoms with E-state index in [-0.39, 0.29) is 24.2 Å². The lowest BCUT2D eigenvalue weighted by Gasteiger charge is -2.20. The van der Waals surface area contributed by atoms with Crippen molar-refractivity contribution in [2.75, 3.05) is 18.0 Å². The fraction of sp³-hybridized carbons (Fsp3) is 0.222. The lowest BCUT2D eigenvalue weighted by molar-refractivity contribution is -0.123. The Kier molecular flexibility index (Phi) is 5.86. The number of rotatable bonds is 6. The van der Waals surface area contributed by atoms with Gasteiger partial charge in [0, 0.05) is 19.2 Å². The van der Waals surface area contributed by atoms with Gasteiger partial charge in [-0.1, -0.05) is 30.3 Å². The molecule has 0 spiro atoms. The average molecular weight is 314 g/mol. The van der Waals surface area contributed by atoms with Gasteiger partial charge in [-0.15, -0.1) is 0 Å². The summed E-state index contributed by atoms with van der Waals surface area (Å²) in [4.78, 5) is 25.2. The molecule has 0 saturated carbocycles. The molecular formula is C18H19FN2O2. The van der Waals surface area contributed by atoms with Crippen LogP contribution in [0.15, 0.2) is 54.6 Å². The predicted octanol–water partition coefficient (Wildman–Crippen LogP) is 2.54. The van der Waals surface area contributed by atoms with Gasteiger partial charge in [0.05, 0.1) is 0 Å². The fourth-order valence-electron chi connectivity index (χ4n) is 2.19. The molecule has 0 bridgehead atoms. The van der Waals surface area contributed by atoms with Crippen LogP contribution in [0.2, 0.25) is 0 Å². The molecule has 0 radical (unpaired) electrons. The minimum Gasteiger partial charge on any atom is -0.354 e. The maximum Gasteiger partial charge on any atom is 0.240 e. The first kappa shape index (κ1) is 16.7. The molecule has 23 heavy (non-hydrogen) atoms. The van der Waals surface area contributed by atoms with Crippen LogP contribution in [0.1, 0.15) is 12.5 Å². The number of carbonyl (C=O) groups excluding carboxylic acids is 2. The van der Waals surface area contributed by atoms with Crippen LogP contribution in [0.25, 0.3) is 0 Å². The van der Waals surface area contributed by atoms with Crippen LogP contribution in [0, 0.1) is 5.82 Å². The number of amides is 2. The molecule has 0 aromatic heterocycles. The topological polar surface area (TPSA) is 49.4 Å². The van der Waals surface area contributed by atoms with Gasteiger partial charge in [0.15, 0.2) is 0 Å². The summed E-state index contributed by atoms with van der Waals surface area (Å²) < 4.78 is 12.8. The molecule has 0 aliphatic carbocycles. The summed E-state index contributed by atoms with van der Waals surface area (Å²) in [7, 11) is 0. The van der Waals surface area contributed by atoms with Gasteiger partial charge < -0.3 is 10.2 Å². The maximum atomic E-state index is 12.8. The van der Waals surface area contributed by atoms with Crippen LogP contribution in [-0.4, -0.2) is 24.9 Å². The molecule has 0 unspecified atom stereocenters. The third kappa shape index (κ3) is 5.21. The van der Waals surface area contributed by atoms with E-state index < -0.39 is 0 Å². The summed E-state index contributed by atoms with van der Waals surface area (Å²) in [5.41, 5.74) is 1.63. The van der Waals surface area contributed by atoms with Gasteiger partial charge in [0.2, 0.25) is 11.8 Å². The quantitative estimate of drug-likeness (QED) is 0.891. The van der Waals surface area contributed by atoms with E-state index >= 15 is 0 Å². The molecule has 5 heteroatoms. The van der Waals surface area contributed by atoms with E-state index in [0.29, 0.717) is 18.7 Å². The maximum absolute atomic E-state index is 12.8. The molecule has 0 aliphatic rings.